The Kier molecular flexibility index (Phi) is 5.29. The first-order chi connectivity index (χ1) is 7.67. The van der Waals surface area contributed by atoms with Gasteiger partial charge in [-0.05, 0) is 24.6 Å². The fourth-order valence-corrected chi connectivity index (χ4v) is 1.73. The van der Waals surface area contributed by atoms with Gasteiger partial charge < -0.3 is 10.6 Å². The van der Waals surface area contributed by atoms with E-state index in [1.54, 1.807) is 4.90 Å². The summed E-state index contributed by atoms with van der Waals surface area (Å²) in [6, 6.07) is 7.55. The van der Waals surface area contributed by atoms with Gasteiger partial charge in [-0.25, -0.2) is 0 Å². The molecule has 0 aliphatic carbocycles. The van der Waals surface area contributed by atoms with Crippen molar-refractivity contribution < 1.29 is 4.79 Å². The number of nitrogens with two attached hydrogens (primary N) is 1. The summed E-state index contributed by atoms with van der Waals surface area (Å²) in [5.74, 6) is 0.0879. The van der Waals surface area contributed by atoms with Crippen molar-refractivity contribution in [2.75, 3.05) is 13.1 Å². The summed E-state index contributed by atoms with van der Waals surface area (Å²) < 4.78 is 0. The molecule has 0 aliphatic rings. The molecule has 3 nitrogen and oxygen atoms in total. The normalized spacial score (nSPS) is 10.2. The van der Waals surface area contributed by atoms with Gasteiger partial charge in [0.15, 0.2) is 0 Å². The standard InChI is InChI=1S/C12H17ClN2O/c1-2-15(12(16)6-7-14)9-10-4-3-5-11(13)8-10/h3-5,8H,2,6-7,9,14H2,1H3. The van der Waals surface area contributed by atoms with Crippen LogP contribution in [0.2, 0.25) is 5.02 Å². The summed E-state index contributed by atoms with van der Waals surface area (Å²) in [5.41, 5.74) is 6.41. The first-order valence-corrected chi connectivity index (χ1v) is 5.77. The summed E-state index contributed by atoms with van der Waals surface area (Å²) >= 11 is 5.89. The Bertz CT molecular complexity index is 355. The van der Waals surface area contributed by atoms with Crippen molar-refractivity contribution in [2.24, 2.45) is 5.73 Å². The zero-order valence-corrected chi connectivity index (χ0v) is 10.2. The first-order valence-electron chi connectivity index (χ1n) is 5.39. The molecular weight excluding hydrogens is 224 g/mol. The van der Waals surface area contributed by atoms with Crippen LogP contribution in [0.4, 0.5) is 0 Å². The van der Waals surface area contributed by atoms with Gasteiger partial charge in [-0.3, -0.25) is 4.79 Å². The van der Waals surface area contributed by atoms with Crippen molar-refractivity contribution in [3.63, 3.8) is 0 Å². The van der Waals surface area contributed by atoms with Gasteiger partial charge in [-0.15, -0.1) is 0 Å². The van der Waals surface area contributed by atoms with Gasteiger partial charge in [-0.2, -0.15) is 0 Å². The molecule has 0 saturated carbocycles. The van der Waals surface area contributed by atoms with Crippen LogP contribution in [0.25, 0.3) is 0 Å². The third-order valence-electron chi connectivity index (χ3n) is 2.36. The second-order valence-electron chi connectivity index (χ2n) is 3.58. The molecule has 0 unspecified atom stereocenters. The maximum Gasteiger partial charge on any atom is 0.224 e. The third-order valence-corrected chi connectivity index (χ3v) is 2.59. The number of benzene rings is 1. The number of carbonyl (C=O) groups excluding carboxylic acids is 1. The fraction of sp³-hybridized carbons (Fsp3) is 0.417. The van der Waals surface area contributed by atoms with Crippen LogP contribution in [0.15, 0.2) is 24.3 Å². The van der Waals surface area contributed by atoms with Gasteiger partial charge in [-0.1, -0.05) is 23.7 Å². The molecule has 1 rings (SSSR count). The Balaban J connectivity index is 2.66. The lowest BCUT2D eigenvalue weighted by Gasteiger charge is -2.20. The number of nitrogens with zero attached hydrogens (tertiary/aromatic N) is 1. The molecule has 0 aromatic heterocycles. The molecule has 0 spiro atoms. The number of carbonyl (C=O) groups is 1. The monoisotopic (exact) mass is 240 g/mol. The Morgan fingerprint density at radius 1 is 1.50 bits per heavy atom. The molecule has 1 aromatic rings. The highest BCUT2D eigenvalue weighted by Gasteiger charge is 2.10. The summed E-state index contributed by atoms with van der Waals surface area (Å²) in [4.78, 5) is 13.5. The van der Waals surface area contributed by atoms with E-state index in [2.05, 4.69) is 0 Å². The van der Waals surface area contributed by atoms with E-state index in [0.29, 0.717) is 31.1 Å². The Morgan fingerprint density at radius 2 is 2.25 bits per heavy atom. The minimum absolute atomic E-state index is 0.0879. The van der Waals surface area contributed by atoms with Gasteiger partial charge >= 0.3 is 0 Å². The molecule has 0 aliphatic heterocycles. The summed E-state index contributed by atoms with van der Waals surface area (Å²) in [5, 5.41) is 0.694. The molecule has 88 valence electrons. The number of rotatable bonds is 5. The second kappa shape index (κ2) is 6.51. The summed E-state index contributed by atoms with van der Waals surface area (Å²) in [6.45, 7) is 3.63. The lowest BCUT2D eigenvalue weighted by Crippen LogP contribution is -2.31. The average molecular weight is 241 g/mol. The zero-order chi connectivity index (χ0) is 12.0. The van der Waals surface area contributed by atoms with E-state index in [0.717, 1.165) is 5.56 Å². The molecule has 4 heteroatoms. The van der Waals surface area contributed by atoms with Crippen molar-refractivity contribution in [2.45, 2.75) is 19.9 Å². The molecule has 0 bridgehead atoms. The molecular formula is C12H17ClN2O. The van der Waals surface area contributed by atoms with Gasteiger partial charge in [0.1, 0.15) is 0 Å². The largest absolute Gasteiger partial charge is 0.339 e. The van der Waals surface area contributed by atoms with E-state index in [-0.39, 0.29) is 5.91 Å². The first kappa shape index (κ1) is 13.0. The number of hydrogen-bond donors (Lipinski definition) is 1. The van der Waals surface area contributed by atoms with Crippen molar-refractivity contribution in [3.05, 3.63) is 34.9 Å². The zero-order valence-electron chi connectivity index (χ0n) is 9.45. The van der Waals surface area contributed by atoms with E-state index >= 15 is 0 Å². The van der Waals surface area contributed by atoms with Crippen molar-refractivity contribution in [1.29, 1.82) is 0 Å². The maximum atomic E-state index is 11.7. The third kappa shape index (κ3) is 3.83. The molecule has 1 aromatic carbocycles. The molecule has 16 heavy (non-hydrogen) atoms. The van der Waals surface area contributed by atoms with Gasteiger partial charge in [0.2, 0.25) is 5.91 Å². The van der Waals surface area contributed by atoms with Crippen LogP contribution in [0.5, 0.6) is 0 Å². The SMILES string of the molecule is CCN(Cc1cccc(Cl)c1)C(=O)CCN. The predicted molar refractivity (Wildman–Crippen MR) is 66.2 cm³/mol. The highest BCUT2D eigenvalue weighted by Crippen LogP contribution is 2.13. The lowest BCUT2D eigenvalue weighted by atomic mass is 10.2. The smallest absolute Gasteiger partial charge is 0.224 e. The van der Waals surface area contributed by atoms with Crippen LogP contribution < -0.4 is 5.73 Å². The molecule has 2 N–H and O–H groups in total. The summed E-state index contributed by atoms with van der Waals surface area (Å²) in [7, 11) is 0. The highest BCUT2D eigenvalue weighted by atomic mass is 35.5. The fourth-order valence-electron chi connectivity index (χ4n) is 1.51. The average Bonchev–Trinajstić information content (AvgIpc) is 2.26. The molecule has 0 fully saturated rings. The molecule has 0 radical (unpaired) electrons. The second-order valence-corrected chi connectivity index (χ2v) is 4.01. The number of hydrogen-bond acceptors (Lipinski definition) is 2. The molecule has 1 amide bonds. The van der Waals surface area contributed by atoms with E-state index in [4.69, 9.17) is 17.3 Å². The molecule has 0 heterocycles. The highest BCUT2D eigenvalue weighted by molar-refractivity contribution is 6.30. The Morgan fingerprint density at radius 3 is 2.81 bits per heavy atom. The van der Waals surface area contributed by atoms with Crippen LogP contribution >= 0.6 is 11.6 Å². The van der Waals surface area contributed by atoms with E-state index < -0.39 is 0 Å². The topological polar surface area (TPSA) is 46.3 Å². The minimum Gasteiger partial charge on any atom is -0.339 e. The predicted octanol–water partition coefficient (Wildman–Crippen LogP) is 2.04. The van der Waals surface area contributed by atoms with Crippen molar-refractivity contribution in [3.8, 4) is 0 Å². The quantitative estimate of drug-likeness (QED) is 0.856. The maximum absolute atomic E-state index is 11.7. The van der Waals surface area contributed by atoms with Crippen LogP contribution in [0.3, 0.4) is 0 Å². The lowest BCUT2D eigenvalue weighted by molar-refractivity contribution is -0.131. The van der Waals surface area contributed by atoms with Gasteiger partial charge in [0, 0.05) is 31.1 Å². The molecule has 0 saturated heterocycles. The number of amides is 1. The van der Waals surface area contributed by atoms with Crippen LogP contribution in [-0.4, -0.2) is 23.9 Å². The van der Waals surface area contributed by atoms with Crippen LogP contribution in [0.1, 0.15) is 18.9 Å². The van der Waals surface area contributed by atoms with E-state index in [1.807, 2.05) is 31.2 Å². The van der Waals surface area contributed by atoms with Crippen LogP contribution in [-0.2, 0) is 11.3 Å². The van der Waals surface area contributed by atoms with Crippen LogP contribution in [0, 0.1) is 0 Å². The Labute approximate surface area is 101 Å². The number of halogens is 1. The summed E-state index contributed by atoms with van der Waals surface area (Å²) in [6.07, 6.45) is 0.397. The van der Waals surface area contributed by atoms with Gasteiger partial charge in [0.25, 0.3) is 0 Å². The minimum atomic E-state index is 0.0879. The van der Waals surface area contributed by atoms with Crippen molar-refractivity contribution in [1.82, 2.24) is 4.90 Å². The molecule has 0 atom stereocenters. The Hall–Kier alpha value is -1.06. The van der Waals surface area contributed by atoms with E-state index in [9.17, 15) is 4.79 Å². The van der Waals surface area contributed by atoms with Crippen molar-refractivity contribution >= 4 is 17.5 Å². The van der Waals surface area contributed by atoms with Gasteiger partial charge in [0.05, 0.1) is 0 Å². The van der Waals surface area contributed by atoms with E-state index in [1.165, 1.54) is 0 Å².